The van der Waals surface area contributed by atoms with E-state index in [0.29, 0.717) is 6.61 Å². The first-order valence-electron chi connectivity index (χ1n) is 6.56. The van der Waals surface area contributed by atoms with Crippen LogP contribution in [-0.2, 0) is 0 Å². The molecule has 0 aromatic heterocycles. The number of benzene rings is 2. The van der Waals surface area contributed by atoms with Crippen LogP contribution in [0, 0.1) is 0 Å². The molecule has 2 N–H and O–H groups in total. The van der Waals surface area contributed by atoms with E-state index in [0.717, 1.165) is 15.8 Å². The molecule has 0 bridgehead atoms. The fourth-order valence-electron chi connectivity index (χ4n) is 1.89. The highest BCUT2D eigenvalue weighted by Gasteiger charge is 2.08. The molecule has 0 aliphatic heterocycles. The molecule has 2 rings (SSSR count). The second-order valence-corrected chi connectivity index (χ2v) is 5.51. The van der Waals surface area contributed by atoms with Crippen LogP contribution in [0.5, 0.6) is 5.75 Å². The zero-order valence-electron chi connectivity index (χ0n) is 11.4. The Labute approximate surface area is 128 Å². The number of halogens is 1. The van der Waals surface area contributed by atoms with Crippen LogP contribution in [0.15, 0.2) is 59.1 Å². The van der Waals surface area contributed by atoms with Crippen molar-refractivity contribution in [2.75, 3.05) is 6.61 Å². The van der Waals surface area contributed by atoms with Crippen LogP contribution < -0.4 is 10.5 Å². The van der Waals surface area contributed by atoms with Crippen molar-refractivity contribution in [3.63, 3.8) is 0 Å². The number of nitrogens with two attached hydrogens (primary N) is 1. The van der Waals surface area contributed by atoms with Crippen molar-refractivity contribution >= 4 is 22.0 Å². The summed E-state index contributed by atoms with van der Waals surface area (Å²) in [6, 6.07) is 16.0. The van der Waals surface area contributed by atoms with Crippen molar-refractivity contribution in [1.82, 2.24) is 0 Å². The average Bonchev–Trinajstić information content (AvgIpc) is 2.45. The van der Waals surface area contributed by atoms with Crippen molar-refractivity contribution in [1.29, 1.82) is 0 Å². The lowest BCUT2D eigenvalue weighted by molar-refractivity contribution is 0.357. The first kappa shape index (κ1) is 14.8. The monoisotopic (exact) mass is 331 g/mol. The summed E-state index contributed by atoms with van der Waals surface area (Å²) in [7, 11) is 0. The Morgan fingerprint density at radius 2 is 1.95 bits per heavy atom. The number of rotatable bonds is 5. The van der Waals surface area contributed by atoms with Gasteiger partial charge in [0, 0.05) is 16.1 Å². The first-order chi connectivity index (χ1) is 9.66. The topological polar surface area (TPSA) is 35.2 Å². The summed E-state index contributed by atoms with van der Waals surface area (Å²) in [4.78, 5) is 0. The van der Waals surface area contributed by atoms with Crippen LogP contribution in [-0.4, -0.2) is 6.61 Å². The normalized spacial score (nSPS) is 12.6. The summed E-state index contributed by atoms with van der Waals surface area (Å²) in [6.45, 7) is 2.48. The zero-order chi connectivity index (χ0) is 14.4. The van der Waals surface area contributed by atoms with E-state index in [4.69, 9.17) is 10.5 Å². The Kier molecular flexibility index (Phi) is 5.39. The van der Waals surface area contributed by atoms with E-state index >= 15 is 0 Å². The van der Waals surface area contributed by atoms with Crippen molar-refractivity contribution in [3.05, 3.63) is 70.2 Å². The van der Waals surface area contributed by atoms with E-state index < -0.39 is 0 Å². The molecule has 0 saturated carbocycles. The van der Waals surface area contributed by atoms with Gasteiger partial charge in [0.25, 0.3) is 0 Å². The summed E-state index contributed by atoms with van der Waals surface area (Å²) in [6.07, 6.45) is 4.05. The summed E-state index contributed by atoms with van der Waals surface area (Å²) in [5, 5.41) is 0. The van der Waals surface area contributed by atoms with Gasteiger partial charge < -0.3 is 10.5 Å². The highest BCUT2D eigenvalue weighted by atomic mass is 79.9. The van der Waals surface area contributed by atoms with Crippen LogP contribution in [0.4, 0.5) is 0 Å². The minimum Gasteiger partial charge on any atom is -0.489 e. The highest BCUT2D eigenvalue weighted by Crippen LogP contribution is 2.27. The first-order valence-corrected chi connectivity index (χ1v) is 7.35. The molecule has 0 spiro atoms. The van der Waals surface area contributed by atoms with Crippen LogP contribution in [0.1, 0.15) is 24.1 Å². The maximum atomic E-state index is 5.96. The quantitative estimate of drug-likeness (QED) is 0.871. The second kappa shape index (κ2) is 7.27. The SMILES string of the molecule is CC(N)c1cc(Br)ccc1OCC=Cc1ccccc1. The van der Waals surface area contributed by atoms with E-state index in [-0.39, 0.29) is 6.04 Å². The third-order valence-corrected chi connectivity index (χ3v) is 3.40. The largest absolute Gasteiger partial charge is 0.489 e. The Morgan fingerprint density at radius 3 is 2.65 bits per heavy atom. The predicted molar refractivity (Wildman–Crippen MR) is 87.7 cm³/mol. The molecule has 0 aliphatic rings. The van der Waals surface area contributed by atoms with E-state index in [9.17, 15) is 0 Å². The third kappa shape index (κ3) is 4.22. The molecule has 1 unspecified atom stereocenters. The summed E-state index contributed by atoms with van der Waals surface area (Å²) in [5.41, 5.74) is 8.13. The van der Waals surface area contributed by atoms with Gasteiger partial charge in [-0.05, 0) is 36.8 Å². The van der Waals surface area contributed by atoms with Gasteiger partial charge in [0.05, 0.1) is 0 Å². The highest BCUT2D eigenvalue weighted by molar-refractivity contribution is 9.10. The van der Waals surface area contributed by atoms with Crippen molar-refractivity contribution in [2.45, 2.75) is 13.0 Å². The van der Waals surface area contributed by atoms with Crippen LogP contribution in [0.2, 0.25) is 0 Å². The van der Waals surface area contributed by atoms with Gasteiger partial charge in [-0.1, -0.05) is 52.3 Å². The van der Waals surface area contributed by atoms with Crippen molar-refractivity contribution in [3.8, 4) is 5.75 Å². The maximum Gasteiger partial charge on any atom is 0.124 e. The smallest absolute Gasteiger partial charge is 0.124 e. The average molecular weight is 332 g/mol. The fraction of sp³-hybridized carbons (Fsp3) is 0.176. The Hall–Kier alpha value is -1.58. The summed E-state index contributed by atoms with van der Waals surface area (Å²) >= 11 is 3.45. The van der Waals surface area contributed by atoms with Gasteiger partial charge in [0.15, 0.2) is 0 Å². The lowest BCUT2D eigenvalue weighted by atomic mass is 10.1. The molecule has 2 nitrogen and oxygen atoms in total. The van der Waals surface area contributed by atoms with E-state index in [1.54, 1.807) is 0 Å². The lowest BCUT2D eigenvalue weighted by Crippen LogP contribution is -2.08. The minimum absolute atomic E-state index is 0.0550. The molecule has 2 aromatic rings. The Bertz CT molecular complexity index is 579. The second-order valence-electron chi connectivity index (χ2n) is 4.59. The molecule has 104 valence electrons. The predicted octanol–water partition coefficient (Wildman–Crippen LogP) is 4.56. The third-order valence-electron chi connectivity index (χ3n) is 2.91. The summed E-state index contributed by atoms with van der Waals surface area (Å²) < 4.78 is 6.80. The van der Waals surface area contributed by atoms with Gasteiger partial charge in [-0.25, -0.2) is 0 Å². The zero-order valence-corrected chi connectivity index (χ0v) is 13.0. The molecule has 3 heteroatoms. The van der Waals surface area contributed by atoms with Gasteiger partial charge in [-0.15, -0.1) is 0 Å². The molecule has 0 saturated heterocycles. The van der Waals surface area contributed by atoms with Crippen LogP contribution in [0.3, 0.4) is 0 Å². The van der Waals surface area contributed by atoms with Crippen LogP contribution in [0.25, 0.3) is 6.08 Å². The molecule has 0 aliphatic carbocycles. The molecule has 0 fully saturated rings. The van der Waals surface area contributed by atoms with E-state index in [1.165, 1.54) is 5.56 Å². The van der Waals surface area contributed by atoms with Gasteiger partial charge >= 0.3 is 0 Å². The maximum absolute atomic E-state index is 5.96. The van der Waals surface area contributed by atoms with Crippen molar-refractivity contribution in [2.24, 2.45) is 5.73 Å². The van der Waals surface area contributed by atoms with E-state index in [2.05, 4.69) is 28.1 Å². The molecule has 0 amide bonds. The molecule has 0 heterocycles. The minimum atomic E-state index is -0.0550. The van der Waals surface area contributed by atoms with Gasteiger partial charge in [-0.3, -0.25) is 0 Å². The molecular formula is C17H18BrNO. The fourth-order valence-corrected chi connectivity index (χ4v) is 2.27. The molecule has 1 atom stereocenters. The standard InChI is InChI=1S/C17H18BrNO/c1-13(19)16-12-15(18)9-10-17(16)20-11-5-8-14-6-3-2-4-7-14/h2-10,12-13H,11,19H2,1H3. The molecule has 2 aromatic carbocycles. The summed E-state index contributed by atoms with van der Waals surface area (Å²) in [5.74, 6) is 0.834. The van der Waals surface area contributed by atoms with Gasteiger partial charge in [0.2, 0.25) is 0 Å². The van der Waals surface area contributed by atoms with E-state index in [1.807, 2.05) is 55.5 Å². The van der Waals surface area contributed by atoms with Gasteiger partial charge in [-0.2, -0.15) is 0 Å². The number of hydrogen-bond donors (Lipinski definition) is 1. The lowest BCUT2D eigenvalue weighted by Gasteiger charge is -2.13. The number of hydrogen-bond acceptors (Lipinski definition) is 2. The van der Waals surface area contributed by atoms with Crippen LogP contribution >= 0.6 is 15.9 Å². The van der Waals surface area contributed by atoms with Crippen molar-refractivity contribution < 1.29 is 4.74 Å². The Morgan fingerprint density at radius 1 is 1.20 bits per heavy atom. The van der Waals surface area contributed by atoms with Gasteiger partial charge in [0.1, 0.15) is 12.4 Å². The molecule has 0 radical (unpaired) electrons. The molecular weight excluding hydrogens is 314 g/mol. The number of ether oxygens (including phenoxy) is 1. The Balaban J connectivity index is 1.99. The molecule has 20 heavy (non-hydrogen) atoms.